The Morgan fingerprint density at radius 1 is 1.40 bits per heavy atom. The van der Waals surface area contributed by atoms with E-state index in [0.717, 1.165) is 18.5 Å². The van der Waals surface area contributed by atoms with Crippen LogP contribution in [0.2, 0.25) is 0 Å². The minimum absolute atomic E-state index is 0. The summed E-state index contributed by atoms with van der Waals surface area (Å²) in [7, 11) is 0. The van der Waals surface area contributed by atoms with Crippen LogP contribution in [-0.4, -0.2) is 17.9 Å². The summed E-state index contributed by atoms with van der Waals surface area (Å²) in [5.41, 5.74) is -0.773. The minimum Gasteiger partial charge on any atom is -0.445 e. The molecule has 1 aromatic heterocycles. The molecular weight excluding hydrogens is 235 g/mol. The van der Waals surface area contributed by atoms with Crippen molar-refractivity contribution in [1.29, 1.82) is 0 Å². The Bertz CT molecular complexity index is 358. The number of amides is 1. The fourth-order valence-electron chi connectivity index (χ4n) is 0.908. The van der Waals surface area contributed by atoms with Crippen LogP contribution in [0, 0.1) is 0 Å². The van der Waals surface area contributed by atoms with Crippen molar-refractivity contribution >= 4 is 24.0 Å². The van der Waals surface area contributed by atoms with E-state index in [1.54, 1.807) is 0 Å². The summed E-state index contributed by atoms with van der Waals surface area (Å²) in [6, 6.07) is 0.856. The van der Waals surface area contributed by atoms with Gasteiger partial charge < -0.3 is 18.3 Å². The van der Waals surface area contributed by atoms with Gasteiger partial charge in [0.15, 0.2) is 0 Å². The first kappa shape index (κ1) is 15.1. The number of nitrogens with zero attached hydrogens (tertiary/aromatic N) is 1. The predicted octanol–water partition coefficient (Wildman–Crippen LogP) is -1.90. The molecule has 0 spiro atoms. The number of carbonyl (C=O) groups is 1. The molecule has 15 heavy (non-hydrogen) atoms. The molecule has 0 aliphatic carbocycles. The zero-order chi connectivity index (χ0) is 10.8. The SMILES string of the molecule is CC(=O)Nc1cncc([B-](F)(F)F)c1.[K+]. The van der Waals surface area contributed by atoms with Gasteiger partial charge in [0.25, 0.3) is 0 Å². The summed E-state index contributed by atoms with van der Waals surface area (Å²) in [6.07, 6.45) is 1.89. The van der Waals surface area contributed by atoms with E-state index in [-0.39, 0.29) is 57.1 Å². The molecule has 3 nitrogen and oxygen atoms in total. The molecule has 8 heteroatoms. The summed E-state index contributed by atoms with van der Waals surface area (Å²) in [5, 5.41) is 2.23. The van der Waals surface area contributed by atoms with E-state index < -0.39 is 18.3 Å². The van der Waals surface area contributed by atoms with Crippen LogP contribution in [0.1, 0.15) is 6.92 Å². The van der Waals surface area contributed by atoms with Crippen LogP contribution in [0.25, 0.3) is 0 Å². The molecule has 0 fully saturated rings. The van der Waals surface area contributed by atoms with Gasteiger partial charge in [-0.05, 0) is 0 Å². The van der Waals surface area contributed by atoms with E-state index >= 15 is 0 Å². The van der Waals surface area contributed by atoms with Crippen LogP contribution < -0.4 is 62.2 Å². The van der Waals surface area contributed by atoms with Gasteiger partial charge in [-0.3, -0.25) is 9.78 Å². The van der Waals surface area contributed by atoms with Crippen molar-refractivity contribution in [2.45, 2.75) is 6.92 Å². The second-order valence-corrected chi connectivity index (χ2v) is 2.76. The second-order valence-electron chi connectivity index (χ2n) is 2.76. The average Bonchev–Trinajstić information content (AvgIpc) is 2.01. The number of anilines is 1. The van der Waals surface area contributed by atoms with Crippen molar-refractivity contribution < 1.29 is 69.1 Å². The summed E-state index contributed by atoms with van der Waals surface area (Å²) >= 11 is 0. The van der Waals surface area contributed by atoms with Crippen molar-refractivity contribution in [1.82, 2.24) is 4.98 Å². The Kier molecular flexibility index (Phi) is 6.04. The molecule has 0 aliphatic heterocycles. The van der Waals surface area contributed by atoms with Gasteiger partial charge in [-0.1, -0.05) is 11.5 Å². The van der Waals surface area contributed by atoms with E-state index in [1.807, 2.05) is 0 Å². The molecule has 0 aliphatic rings. The molecular formula is C7H7BF3KN2O. The Labute approximate surface area is 127 Å². The molecule has 0 bridgehead atoms. The number of carbonyl (C=O) groups excluding carboxylic acids is 1. The Morgan fingerprint density at radius 2 is 2.00 bits per heavy atom. The summed E-state index contributed by atoms with van der Waals surface area (Å²) in [5.74, 6) is -0.432. The third-order valence-corrected chi connectivity index (χ3v) is 1.46. The fourth-order valence-corrected chi connectivity index (χ4v) is 0.908. The third-order valence-electron chi connectivity index (χ3n) is 1.46. The van der Waals surface area contributed by atoms with Gasteiger partial charge in [0.05, 0.1) is 11.9 Å². The third kappa shape index (κ3) is 5.12. The van der Waals surface area contributed by atoms with Crippen LogP contribution in [0.4, 0.5) is 18.6 Å². The predicted molar refractivity (Wildman–Crippen MR) is 47.3 cm³/mol. The van der Waals surface area contributed by atoms with Gasteiger partial charge in [0.1, 0.15) is 0 Å². The van der Waals surface area contributed by atoms with E-state index in [2.05, 4.69) is 10.3 Å². The Balaban J connectivity index is 0.00000196. The average molecular weight is 242 g/mol. The van der Waals surface area contributed by atoms with E-state index in [4.69, 9.17) is 0 Å². The van der Waals surface area contributed by atoms with E-state index in [1.165, 1.54) is 6.92 Å². The van der Waals surface area contributed by atoms with Crippen molar-refractivity contribution in [3.8, 4) is 0 Å². The van der Waals surface area contributed by atoms with E-state index in [0.29, 0.717) is 0 Å². The van der Waals surface area contributed by atoms with Crippen LogP contribution in [0.3, 0.4) is 0 Å². The summed E-state index contributed by atoms with van der Waals surface area (Å²) in [6.45, 7) is -3.85. The Hall–Kier alpha value is 0.111. The van der Waals surface area contributed by atoms with Gasteiger partial charge in [0.2, 0.25) is 5.91 Å². The normalized spacial score (nSPS) is 10.4. The quantitative estimate of drug-likeness (QED) is 0.615. The van der Waals surface area contributed by atoms with Gasteiger partial charge in [-0.25, -0.2) is 0 Å². The first-order valence-electron chi connectivity index (χ1n) is 3.82. The summed E-state index contributed by atoms with van der Waals surface area (Å²) in [4.78, 5) is 13.9. The molecule has 1 aromatic rings. The molecule has 0 aromatic carbocycles. The topological polar surface area (TPSA) is 42.0 Å². The van der Waals surface area contributed by atoms with E-state index in [9.17, 15) is 17.7 Å². The van der Waals surface area contributed by atoms with Crippen molar-refractivity contribution in [2.75, 3.05) is 5.32 Å². The zero-order valence-corrected chi connectivity index (χ0v) is 11.4. The number of rotatable bonds is 2. The maximum Gasteiger partial charge on any atom is 1.00 e. The van der Waals surface area contributed by atoms with Gasteiger partial charge in [0, 0.05) is 13.1 Å². The molecule has 0 saturated heterocycles. The monoisotopic (exact) mass is 242 g/mol. The number of halogens is 3. The standard InChI is InChI=1S/C7H7BF3N2O.K/c1-5(14)13-7-2-6(3-12-4-7)8(9,10)11;/h2-4H,1H3,(H,13,14);/q-1;+1. The molecule has 76 valence electrons. The van der Waals surface area contributed by atoms with Crippen molar-refractivity contribution in [2.24, 2.45) is 0 Å². The molecule has 1 N–H and O–H groups in total. The zero-order valence-electron chi connectivity index (χ0n) is 8.30. The number of aromatic nitrogens is 1. The van der Waals surface area contributed by atoms with Crippen LogP contribution in [0.5, 0.6) is 0 Å². The summed E-state index contributed by atoms with van der Waals surface area (Å²) < 4.78 is 36.6. The van der Waals surface area contributed by atoms with Crippen LogP contribution in [-0.2, 0) is 4.79 Å². The van der Waals surface area contributed by atoms with Crippen molar-refractivity contribution in [3.63, 3.8) is 0 Å². The maximum atomic E-state index is 12.2. The second kappa shape index (κ2) is 6.00. The minimum atomic E-state index is -5.07. The number of hydrogen-bond acceptors (Lipinski definition) is 2. The molecule has 0 radical (unpaired) electrons. The number of hydrogen-bond donors (Lipinski definition) is 1. The smallest absolute Gasteiger partial charge is 0.445 e. The van der Waals surface area contributed by atoms with Gasteiger partial charge in [-0.2, -0.15) is 0 Å². The fraction of sp³-hybridized carbons (Fsp3) is 0.143. The molecule has 0 atom stereocenters. The Morgan fingerprint density at radius 3 is 2.47 bits per heavy atom. The first-order valence-corrected chi connectivity index (χ1v) is 3.82. The van der Waals surface area contributed by atoms with Crippen molar-refractivity contribution in [3.05, 3.63) is 18.5 Å². The molecule has 1 rings (SSSR count). The van der Waals surface area contributed by atoms with Crippen LogP contribution >= 0.6 is 0 Å². The molecule has 1 amide bonds. The molecule has 1 heterocycles. The maximum absolute atomic E-state index is 12.2. The van der Waals surface area contributed by atoms with Gasteiger partial charge >= 0.3 is 58.4 Å². The number of nitrogens with one attached hydrogen (secondary N) is 1. The molecule has 0 unspecified atom stereocenters. The van der Waals surface area contributed by atoms with Crippen LogP contribution in [0.15, 0.2) is 18.5 Å². The molecule has 0 saturated carbocycles. The first-order chi connectivity index (χ1) is 6.39. The number of pyridine rings is 1. The largest absolute Gasteiger partial charge is 1.00 e. The van der Waals surface area contributed by atoms with Gasteiger partial charge in [-0.15, -0.1) is 0 Å².